The minimum Gasteiger partial charge on any atom is -0.479 e. The van der Waals surface area contributed by atoms with Crippen LogP contribution in [-0.4, -0.2) is 30.2 Å². The standard InChI is InChI=1S/C22H23Cl4N3O3/c1-12(2)8-19(22(31)29-27-11-14-4-5-15(23)9-17(14)25)28-21(30)13(3)32-20-7-6-16(24)10-18(20)26/h4-7,9-13,19H,8H2,1-3H3,(H,28,30)(H,29,31)/b27-11-/t13-,19+/m1/s1. The maximum absolute atomic E-state index is 12.6. The van der Waals surface area contributed by atoms with Crippen molar-refractivity contribution < 1.29 is 14.3 Å². The van der Waals surface area contributed by atoms with Crippen molar-refractivity contribution in [1.82, 2.24) is 10.7 Å². The maximum Gasteiger partial charge on any atom is 0.262 e. The molecule has 0 saturated carbocycles. The van der Waals surface area contributed by atoms with Crippen molar-refractivity contribution >= 4 is 64.4 Å². The lowest BCUT2D eigenvalue weighted by molar-refractivity contribution is -0.132. The number of hydrazone groups is 1. The molecule has 2 aromatic rings. The average Bonchev–Trinajstić information content (AvgIpc) is 2.70. The maximum atomic E-state index is 12.6. The number of hydrogen-bond donors (Lipinski definition) is 2. The molecule has 0 bridgehead atoms. The Hall–Kier alpha value is -1.99. The van der Waals surface area contributed by atoms with Gasteiger partial charge in [-0.2, -0.15) is 5.10 Å². The molecule has 0 aliphatic rings. The second kappa shape index (κ2) is 12.3. The molecule has 10 heteroatoms. The number of hydrogen-bond acceptors (Lipinski definition) is 4. The van der Waals surface area contributed by atoms with E-state index < -0.39 is 24.0 Å². The zero-order chi connectivity index (χ0) is 23.8. The van der Waals surface area contributed by atoms with Gasteiger partial charge in [0.05, 0.1) is 16.3 Å². The van der Waals surface area contributed by atoms with Crippen molar-refractivity contribution in [1.29, 1.82) is 0 Å². The van der Waals surface area contributed by atoms with E-state index in [9.17, 15) is 9.59 Å². The lowest BCUT2D eigenvalue weighted by Crippen LogP contribution is -2.49. The summed E-state index contributed by atoms with van der Waals surface area (Å²) in [6.45, 7) is 5.44. The normalized spacial score (nSPS) is 13.1. The molecule has 172 valence electrons. The number of nitrogens with one attached hydrogen (secondary N) is 2. The summed E-state index contributed by atoms with van der Waals surface area (Å²) < 4.78 is 5.62. The van der Waals surface area contributed by atoms with Gasteiger partial charge in [0.2, 0.25) is 0 Å². The largest absolute Gasteiger partial charge is 0.479 e. The van der Waals surface area contributed by atoms with Crippen LogP contribution in [0.5, 0.6) is 5.75 Å². The van der Waals surface area contributed by atoms with Gasteiger partial charge in [-0.05, 0) is 49.6 Å². The van der Waals surface area contributed by atoms with Crippen LogP contribution < -0.4 is 15.5 Å². The first-order valence-corrected chi connectivity index (χ1v) is 11.3. The lowest BCUT2D eigenvalue weighted by atomic mass is 10.0. The average molecular weight is 519 g/mol. The van der Waals surface area contributed by atoms with E-state index in [1.165, 1.54) is 12.3 Å². The number of amides is 2. The zero-order valence-corrected chi connectivity index (χ0v) is 20.7. The third kappa shape index (κ3) is 8.17. The third-order valence-electron chi connectivity index (χ3n) is 4.25. The first-order valence-electron chi connectivity index (χ1n) is 9.77. The van der Waals surface area contributed by atoms with E-state index in [0.717, 1.165) is 0 Å². The van der Waals surface area contributed by atoms with E-state index in [-0.39, 0.29) is 10.9 Å². The molecule has 0 unspecified atom stereocenters. The molecule has 2 aromatic carbocycles. The highest BCUT2D eigenvalue weighted by molar-refractivity contribution is 6.36. The van der Waals surface area contributed by atoms with E-state index in [1.807, 2.05) is 13.8 Å². The van der Waals surface area contributed by atoms with Gasteiger partial charge in [0.1, 0.15) is 11.8 Å². The van der Waals surface area contributed by atoms with Gasteiger partial charge < -0.3 is 10.1 Å². The summed E-state index contributed by atoms with van der Waals surface area (Å²) in [7, 11) is 0. The highest BCUT2D eigenvalue weighted by Crippen LogP contribution is 2.28. The van der Waals surface area contributed by atoms with E-state index in [4.69, 9.17) is 51.1 Å². The first kappa shape index (κ1) is 26.3. The van der Waals surface area contributed by atoms with Gasteiger partial charge in [-0.15, -0.1) is 0 Å². The smallest absolute Gasteiger partial charge is 0.262 e. The predicted octanol–water partition coefficient (Wildman–Crippen LogP) is 5.75. The van der Waals surface area contributed by atoms with Gasteiger partial charge in [-0.25, -0.2) is 5.43 Å². The summed E-state index contributed by atoms with van der Waals surface area (Å²) >= 11 is 23.9. The van der Waals surface area contributed by atoms with Crippen molar-refractivity contribution in [3.63, 3.8) is 0 Å². The number of ether oxygens (including phenoxy) is 1. The lowest BCUT2D eigenvalue weighted by Gasteiger charge is -2.22. The number of halogens is 4. The summed E-state index contributed by atoms with van der Waals surface area (Å²) in [5, 5.41) is 8.26. The van der Waals surface area contributed by atoms with E-state index >= 15 is 0 Å². The molecular formula is C22H23Cl4N3O3. The number of benzene rings is 2. The van der Waals surface area contributed by atoms with Gasteiger partial charge in [0, 0.05) is 15.6 Å². The molecule has 0 heterocycles. The Labute approximate surface area is 207 Å². The summed E-state index contributed by atoms with van der Waals surface area (Å²) in [6, 6.07) is 8.79. The Kier molecular flexibility index (Phi) is 10.1. The summed E-state index contributed by atoms with van der Waals surface area (Å²) in [6.07, 6.45) is 0.912. The Morgan fingerprint density at radius 1 is 0.969 bits per heavy atom. The summed E-state index contributed by atoms with van der Waals surface area (Å²) in [5.74, 6) is -0.484. The van der Waals surface area contributed by atoms with Crippen LogP contribution >= 0.6 is 46.4 Å². The summed E-state index contributed by atoms with van der Waals surface area (Å²) in [4.78, 5) is 25.3. The van der Waals surface area contributed by atoms with Crippen LogP contribution in [-0.2, 0) is 9.59 Å². The van der Waals surface area contributed by atoms with Gasteiger partial charge in [0.25, 0.3) is 11.8 Å². The van der Waals surface area contributed by atoms with Gasteiger partial charge in [0.15, 0.2) is 6.10 Å². The SMILES string of the molecule is CC(C)C[C@H](NC(=O)[C@@H](C)Oc1ccc(Cl)cc1Cl)C(=O)N/N=C\c1ccc(Cl)cc1Cl. The van der Waals surface area contributed by atoms with Gasteiger partial charge in [-0.1, -0.05) is 66.3 Å². The minimum absolute atomic E-state index is 0.141. The second-order valence-electron chi connectivity index (χ2n) is 7.43. The van der Waals surface area contributed by atoms with Crippen molar-refractivity contribution in [3.8, 4) is 5.75 Å². The molecule has 0 aromatic heterocycles. The number of rotatable bonds is 9. The Morgan fingerprint density at radius 2 is 1.59 bits per heavy atom. The molecule has 32 heavy (non-hydrogen) atoms. The molecule has 2 N–H and O–H groups in total. The highest BCUT2D eigenvalue weighted by atomic mass is 35.5. The molecule has 0 spiro atoms. The Balaban J connectivity index is 2.02. The van der Waals surface area contributed by atoms with E-state index in [1.54, 1.807) is 37.3 Å². The second-order valence-corrected chi connectivity index (χ2v) is 9.11. The zero-order valence-electron chi connectivity index (χ0n) is 17.7. The fraction of sp³-hybridized carbons (Fsp3) is 0.318. The van der Waals surface area contributed by atoms with Crippen LogP contribution in [0.25, 0.3) is 0 Å². The fourth-order valence-electron chi connectivity index (χ4n) is 2.66. The number of nitrogens with zero attached hydrogens (tertiary/aromatic N) is 1. The van der Waals surface area contributed by atoms with Crippen molar-refractivity contribution in [2.45, 2.75) is 39.3 Å². The molecule has 0 saturated heterocycles. The van der Waals surface area contributed by atoms with E-state index in [0.29, 0.717) is 32.8 Å². The van der Waals surface area contributed by atoms with Crippen LogP contribution in [0, 0.1) is 5.92 Å². The third-order valence-corrected chi connectivity index (χ3v) is 5.34. The molecule has 0 fully saturated rings. The van der Waals surface area contributed by atoms with Gasteiger partial charge in [-0.3, -0.25) is 9.59 Å². The molecule has 0 aliphatic carbocycles. The fourth-order valence-corrected chi connectivity index (χ4v) is 3.57. The van der Waals surface area contributed by atoms with Crippen molar-refractivity contribution in [3.05, 3.63) is 62.1 Å². The summed E-state index contributed by atoms with van der Waals surface area (Å²) in [5.41, 5.74) is 3.02. The van der Waals surface area contributed by atoms with Crippen LogP contribution in [0.1, 0.15) is 32.8 Å². The van der Waals surface area contributed by atoms with Crippen LogP contribution in [0.15, 0.2) is 41.5 Å². The Bertz CT molecular complexity index is 998. The monoisotopic (exact) mass is 517 g/mol. The van der Waals surface area contributed by atoms with Crippen LogP contribution in [0.2, 0.25) is 20.1 Å². The minimum atomic E-state index is -0.896. The molecule has 6 nitrogen and oxygen atoms in total. The van der Waals surface area contributed by atoms with E-state index in [2.05, 4.69) is 15.8 Å². The van der Waals surface area contributed by atoms with Crippen LogP contribution in [0.3, 0.4) is 0 Å². The van der Waals surface area contributed by atoms with Gasteiger partial charge >= 0.3 is 0 Å². The highest BCUT2D eigenvalue weighted by Gasteiger charge is 2.25. The predicted molar refractivity (Wildman–Crippen MR) is 130 cm³/mol. The topological polar surface area (TPSA) is 79.8 Å². The van der Waals surface area contributed by atoms with Crippen molar-refractivity contribution in [2.24, 2.45) is 11.0 Å². The first-order chi connectivity index (χ1) is 15.1. The quantitative estimate of drug-likeness (QED) is 0.327. The molecule has 2 atom stereocenters. The molecular weight excluding hydrogens is 496 g/mol. The Morgan fingerprint density at radius 3 is 2.19 bits per heavy atom. The number of carbonyl (C=O) groups is 2. The number of carbonyl (C=O) groups excluding carboxylic acids is 2. The molecule has 0 radical (unpaired) electrons. The van der Waals surface area contributed by atoms with Crippen LogP contribution in [0.4, 0.5) is 0 Å². The van der Waals surface area contributed by atoms with Crippen molar-refractivity contribution in [2.75, 3.05) is 0 Å². The molecule has 2 amide bonds. The molecule has 0 aliphatic heterocycles. The molecule has 2 rings (SSSR count).